The first-order chi connectivity index (χ1) is 8.43. The van der Waals surface area contributed by atoms with Gasteiger partial charge in [0, 0.05) is 34.9 Å². The Morgan fingerprint density at radius 2 is 2.11 bits per heavy atom. The molecule has 5 heteroatoms. The molecule has 0 amide bonds. The van der Waals surface area contributed by atoms with Gasteiger partial charge in [-0.3, -0.25) is 4.21 Å². The summed E-state index contributed by atoms with van der Waals surface area (Å²) < 4.78 is 29.5. The Morgan fingerprint density at radius 3 is 2.61 bits per heavy atom. The van der Waals surface area contributed by atoms with Crippen LogP contribution in [0.4, 0.5) is 4.39 Å². The third kappa shape index (κ3) is 4.38. The summed E-state index contributed by atoms with van der Waals surface area (Å²) in [7, 11) is 0.608. The van der Waals surface area contributed by atoms with E-state index in [1.165, 1.54) is 13.2 Å². The molecule has 0 spiro atoms. The summed E-state index contributed by atoms with van der Waals surface area (Å²) >= 11 is 0. The summed E-state index contributed by atoms with van der Waals surface area (Å²) in [5.41, 5.74) is 0.849. The van der Waals surface area contributed by atoms with Crippen molar-refractivity contribution in [3.63, 3.8) is 0 Å². The Hall–Kier alpha value is -0.940. The average Bonchev–Trinajstić information content (AvgIpc) is 2.27. The lowest BCUT2D eigenvalue weighted by atomic mass is 10.1. The van der Waals surface area contributed by atoms with E-state index in [1.54, 1.807) is 12.3 Å². The first-order valence-corrected chi connectivity index (χ1v) is 7.56. The van der Waals surface area contributed by atoms with Crippen molar-refractivity contribution in [3.05, 3.63) is 29.6 Å². The van der Waals surface area contributed by atoms with Crippen LogP contribution in [0, 0.1) is 5.82 Å². The van der Waals surface area contributed by atoms with Gasteiger partial charge in [-0.2, -0.15) is 0 Å². The van der Waals surface area contributed by atoms with E-state index in [0.29, 0.717) is 5.75 Å². The van der Waals surface area contributed by atoms with Crippen molar-refractivity contribution in [3.8, 4) is 5.75 Å². The van der Waals surface area contributed by atoms with Crippen LogP contribution in [0.1, 0.15) is 25.5 Å². The van der Waals surface area contributed by atoms with Crippen LogP contribution in [-0.2, 0) is 10.8 Å². The maximum atomic E-state index is 13.6. The summed E-state index contributed by atoms with van der Waals surface area (Å²) in [5.74, 6) is 0.465. The molecule has 3 nitrogen and oxygen atoms in total. The molecular weight excluding hydrogens is 253 g/mol. The van der Waals surface area contributed by atoms with E-state index in [0.717, 1.165) is 5.56 Å². The van der Waals surface area contributed by atoms with Crippen LogP contribution in [0.3, 0.4) is 0 Å². The number of halogens is 1. The van der Waals surface area contributed by atoms with Crippen LogP contribution in [-0.4, -0.2) is 29.4 Å². The van der Waals surface area contributed by atoms with Crippen LogP contribution < -0.4 is 10.1 Å². The van der Waals surface area contributed by atoms with Gasteiger partial charge in [0.05, 0.1) is 7.11 Å². The molecule has 0 aliphatic rings. The minimum Gasteiger partial charge on any atom is -0.494 e. The third-order valence-electron chi connectivity index (χ3n) is 2.70. The lowest BCUT2D eigenvalue weighted by Gasteiger charge is -2.20. The number of hydrogen-bond acceptors (Lipinski definition) is 3. The van der Waals surface area contributed by atoms with Gasteiger partial charge in [0.15, 0.2) is 11.6 Å². The van der Waals surface area contributed by atoms with Gasteiger partial charge in [-0.05, 0) is 31.5 Å². The maximum absolute atomic E-state index is 13.6. The fourth-order valence-corrected chi connectivity index (χ4v) is 2.68. The number of nitrogens with one attached hydrogen (secondary N) is 1. The number of methoxy groups -OCH3 is 1. The second-order valence-electron chi connectivity index (χ2n) is 4.42. The van der Waals surface area contributed by atoms with Gasteiger partial charge < -0.3 is 10.1 Å². The summed E-state index contributed by atoms with van der Waals surface area (Å²) in [5, 5.41) is 3.29. The smallest absolute Gasteiger partial charge is 0.165 e. The molecule has 0 saturated carbocycles. The first-order valence-electron chi connectivity index (χ1n) is 5.83. The van der Waals surface area contributed by atoms with E-state index in [9.17, 15) is 8.60 Å². The van der Waals surface area contributed by atoms with Gasteiger partial charge in [-0.1, -0.05) is 6.07 Å². The summed E-state index contributed by atoms with van der Waals surface area (Å²) in [6.45, 7) is 3.92. The lowest BCUT2D eigenvalue weighted by molar-refractivity contribution is 0.385. The molecule has 0 saturated heterocycles. The summed E-state index contributed by atoms with van der Waals surface area (Å²) in [4.78, 5) is 0. The number of ether oxygens (including phenoxy) is 1. The molecule has 3 unspecified atom stereocenters. The van der Waals surface area contributed by atoms with E-state index < -0.39 is 10.8 Å². The van der Waals surface area contributed by atoms with Crippen LogP contribution >= 0.6 is 0 Å². The van der Waals surface area contributed by atoms with Crippen molar-refractivity contribution in [1.82, 2.24) is 5.32 Å². The van der Waals surface area contributed by atoms with Crippen molar-refractivity contribution in [1.29, 1.82) is 0 Å². The van der Waals surface area contributed by atoms with E-state index in [2.05, 4.69) is 5.32 Å². The van der Waals surface area contributed by atoms with Gasteiger partial charge in [-0.15, -0.1) is 0 Å². The minimum absolute atomic E-state index is 0.00366. The standard InChI is InChI=1S/C13H20FNO2S/c1-9(8-18(4)16)15-10(2)11-5-6-13(17-3)12(14)7-11/h5-7,9-10,15H,8H2,1-4H3. The molecule has 0 radical (unpaired) electrons. The zero-order chi connectivity index (χ0) is 13.7. The molecule has 0 aliphatic carbocycles. The fourth-order valence-electron chi connectivity index (χ4n) is 1.88. The molecule has 18 heavy (non-hydrogen) atoms. The number of rotatable bonds is 6. The molecule has 0 fully saturated rings. The lowest BCUT2D eigenvalue weighted by Crippen LogP contribution is -2.33. The predicted octanol–water partition coefficient (Wildman–Crippen LogP) is 2.25. The molecule has 1 N–H and O–H groups in total. The molecule has 0 bridgehead atoms. The van der Waals surface area contributed by atoms with Crippen LogP contribution in [0.2, 0.25) is 0 Å². The highest BCUT2D eigenvalue weighted by molar-refractivity contribution is 7.84. The van der Waals surface area contributed by atoms with Gasteiger partial charge in [-0.25, -0.2) is 4.39 Å². The normalized spacial score (nSPS) is 16.1. The Balaban J connectivity index is 2.69. The first kappa shape index (κ1) is 15.1. The van der Waals surface area contributed by atoms with Gasteiger partial charge in [0.1, 0.15) is 0 Å². The Morgan fingerprint density at radius 1 is 1.44 bits per heavy atom. The van der Waals surface area contributed by atoms with Crippen LogP contribution in [0.5, 0.6) is 5.75 Å². The molecule has 3 atom stereocenters. The largest absolute Gasteiger partial charge is 0.494 e. The summed E-state index contributed by atoms with van der Waals surface area (Å²) in [6.07, 6.45) is 1.68. The Kier molecular flexibility index (Phi) is 5.75. The molecule has 102 valence electrons. The maximum Gasteiger partial charge on any atom is 0.165 e. The molecule has 0 aromatic heterocycles. The minimum atomic E-state index is -0.835. The van der Waals surface area contributed by atoms with Crippen LogP contribution in [0.15, 0.2) is 18.2 Å². The highest BCUT2D eigenvalue weighted by Gasteiger charge is 2.12. The highest BCUT2D eigenvalue weighted by Crippen LogP contribution is 2.21. The zero-order valence-electron chi connectivity index (χ0n) is 11.2. The molecular formula is C13H20FNO2S. The van der Waals surface area contributed by atoms with E-state index in [-0.39, 0.29) is 23.7 Å². The highest BCUT2D eigenvalue weighted by atomic mass is 32.2. The monoisotopic (exact) mass is 273 g/mol. The van der Waals surface area contributed by atoms with Crippen molar-refractivity contribution in [2.45, 2.75) is 25.9 Å². The average molecular weight is 273 g/mol. The molecule has 0 aliphatic heterocycles. The van der Waals surface area contributed by atoms with E-state index >= 15 is 0 Å². The summed E-state index contributed by atoms with van der Waals surface area (Å²) in [6, 6.07) is 5.03. The second kappa shape index (κ2) is 6.85. The molecule has 1 rings (SSSR count). The number of hydrogen-bond donors (Lipinski definition) is 1. The van der Waals surface area contributed by atoms with Crippen molar-refractivity contribution >= 4 is 10.8 Å². The zero-order valence-corrected chi connectivity index (χ0v) is 12.0. The van der Waals surface area contributed by atoms with Gasteiger partial charge in [0.2, 0.25) is 0 Å². The van der Waals surface area contributed by atoms with Gasteiger partial charge >= 0.3 is 0 Å². The molecule has 0 heterocycles. The van der Waals surface area contributed by atoms with Crippen LogP contribution in [0.25, 0.3) is 0 Å². The van der Waals surface area contributed by atoms with Gasteiger partial charge in [0.25, 0.3) is 0 Å². The predicted molar refractivity (Wildman–Crippen MR) is 72.9 cm³/mol. The van der Waals surface area contributed by atoms with Crippen molar-refractivity contribution < 1.29 is 13.3 Å². The molecule has 1 aromatic carbocycles. The number of benzene rings is 1. The van der Waals surface area contributed by atoms with E-state index in [1.807, 2.05) is 19.9 Å². The Bertz CT molecular complexity index is 425. The second-order valence-corrected chi connectivity index (χ2v) is 5.90. The SMILES string of the molecule is COc1ccc(C(C)NC(C)CS(C)=O)cc1F. The van der Waals surface area contributed by atoms with E-state index in [4.69, 9.17) is 4.74 Å². The Labute approximate surface area is 110 Å². The fraction of sp³-hybridized carbons (Fsp3) is 0.538. The van der Waals surface area contributed by atoms with Crippen molar-refractivity contribution in [2.24, 2.45) is 0 Å². The quantitative estimate of drug-likeness (QED) is 0.864. The van der Waals surface area contributed by atoms with Crippen molar-refractivity contribution in [2.75, 3.05) is 19.1 Å². The topological polar surface area (TPSA) is 38.3 Å². The molecule has 1 aromatic rings. The third-order valence-corrected chi connectivity index (χ3v) is 3.66.